The topological polar surface area (TPSA) is 67.2 Å². The third kappa shape index (κ3) is 4.21. The highest BCUT2D eigenvalue weighted by Crippen LogP contribution is 2.20. The zero-order valence-electron chi connectivity index (χ0n) is 16.6. The van der Waals surface area contributed by atoms with Gasteiger partial charge in [-0.05, 0) is 69.4 Å². The normalized spacial score (nSPS) is 13.9. The molecular weight excluding hydrogens is 340 g/mol. The minimum Gasteiger partial charge on any atom is -0.339 e. The Hall–Kier alpha value is -2.63. The van der Waals surface area contributed by atoms with Crippen LogP contribution in [0.3, 0.4) is 0 Å². The molecule has 6 heteroatoms. The maximum absolute atomic E-state index is 12.5. The molecule has 2 amide bonds. The number of likely N-dealkylation sites (tertiary alicyclic amines) is 1. The Balaban J connectivity index is 1.61. The molecule has 3 rings (SSSR count). The molecule has 1 fully saturated rings. The molecule has 1 N–H and O–H groups in total. The van der Waals surface area contributed by atoms with Gasteiger partial charge in [0, 0.05) is 43.5 Å². The van der Waals surface area contributed by atoms with E-state index in [1.165, 1.54) is 0 Å². The van der Waals surface area contributed by atoms with Gasteiger partial charge in [-0.15, -0.1) is 0 Å². The van der Waals surface area contributed by atoms with Crippen LogP contribution in [0.25, 0.3) is 0 Å². The Morgan fingerprint density at radius 1 is 1.15 bits per heavy atom. The van der Waals surface area contributed by atoms with Crippen LogP contribution >= 0.6 is 0 Å². The number of benzene rings is 1. The van der Waals surface area contributed by atoms with Gasteiger partial charge >= 0.3 is 0 Å². The van der Waals surface area contributed by atoms with Gasteiger partial charge in [0.1, 0.15) is 0 Å². The second-order valence-corrected chi connectivity index (χ2v) is 7.35. The van der Waals surface area contributed by atoms with Crippen LogP contribution in [0.5, 0.6) is 0 Å². The number of nitrogens with zero attached hydrogens (tertiary/aromatic N) is 3. The number of hydrogen-bond acceptors (Lipinski definition) is 3. The van der Waals surface area contributed by atoms with Gasteiger partial charge < -0.3 is 10.2 Å². The summed E-state index contributed by atoms with van der Waals surface area (Å²) >= 11 is 0. The highest BCUT2D eigenvalue weighted by atomic mass is 16.2. The number of amides is 2. The van der Waals surface area contributed by atoms with Crippen molar-refractivity contribution in [2.45, 2.75) is 46.5 Å². The predicted molar refractivity (Wildman–Crippen MR) is 106 cm³/mol. The Kier molecular flexibility index (Phi) is 5.63. The van der Waals surface area contributed by atoms with Gasteiger partial charge in [-0.3, -0.25) is 14.3 Å². The number of aryl methyl sites for hydroxylation is 3. The summed E-state index contributed by atoms with van der Waals surface area (Å²) in [5.41, 5.74) is 5.56. The Morgan fingerprint density at radius 3 is 2.44 bits per heavy atom. The average Bonchev–Trinajstić information content (AvgIpc) is 3.24. The van der Waals surface area contributed by atoms with Gasteiger partial charge in [0.15, 0.2) is 0 Å². The van der Waals surface area contributed by atoms with Crippen molar-refractivity contribution in [2.75, 3.05) is 18.4 Å². The smallest absolute Gasteiger partial charge is 0.253 e. The first kappa shape index (κ1) is 19.1. The average molecular weight is 368 g/mol. The molecule has 27 heavy (non-hydrogen) atoms. The summed E-state index contributed by atoms with van der Waals surface area (Å²) in [6, 6.07) is 5.50. The van der Waals surface area contributed by atoms with Crippen molar-refractivity contribution in [3.63, 3.8) is 0 Å². The molecule has 2 aromatic rings. The summed E-state index contributed by atoms with van der Waals surface area (Å²) in [7, 11) is 1.92. The zero-order chi connectivity index (χ0) is 19.6. The number of nitrogens with one attached hydrogen (secondary N) is 1. The number of carbonyl (C=O) groups excluding carboxylic acids is 2. The molecule has 0 unspecified atom stereocenters. The van der Waals surface area contributed by atoms with Crippen LogP contribution in [0.2, 0.25) is 0 Å². The van der Waals surface area contributed by atoms with Crippen LogP contribution in [0, 0.1) is 20.8 Å². The molecule has 144 valence electrons. The number of anilines is 1. The standard InChI is InChI=1S/C21H28N4O2/c1-14-13-17(21(27)25-11-5-6-12-25)7-9-19(14)22-20(26)10-8-18-15(2)23-24(4)16(18)3/h7,9,13H,5-6,8,10-12H2,1-4H3,(H,22,26). The van der Waals surface area contributed by atoms with Crippen molar-refractivity contribution in [3.05, 3.63) is 46.3 Å². The van der Waals surface area contributed by atoms with E-state index in [1.54, 1.807) is 6.07 Å². The van der Waals surface area contributed by atoms with Gasteiger partial charge in [0.2, 0.25) is 5.91 Å². The van der Waals surface area contributed by atoms with E-state index in [4.69, 9.17) is 0 Å². The van der Waals surface area contributed by atoms with Crippen LogP contribution in [0.1, 0.15) is 52.1 Å². The van der Waals surface area contributed by atoms with Crippen LogP contribution in [-0.2, 0) is 18.3 Å². The van der Waals surface area contributed by atoms with Crippen molar-refractivity contribution in [1.29, 1.82) is 0 Å². The van der Waals surface area contributed by atoms with Crippen molar-refractivity contribution >= 4 is 17.5 Å². The van der Waals surface area contributed by atoms with Gasteiger partial charge in [0.05, 0.1) is 5.69 Å². The van der Waals surface area contributed by atoms with E-state index in [2.05, 4.69) is 10.4 Å². The Bertz CT molecular complexity index is 863. The first-order valence-corrected chi connectivity index (χ1v) is 9.55. The molecule has 1 aliphatic heterocycles. The maximum atomic E-state index is 12.5. The third-order valence-electron chi connectivity index (χ3n) is 5.40. The van der Waals surface area contributed by atoms with E-state index >= 15 is 0 Å². The summed E-state index contributed by atoms with van der Waals surface area (Å²) in [6.45, 7) is 7.59. The summed E-state index contributed by atoms with van der Waals surface area (Å²) in [4.78, 5) is 26.8. The van der Waals surface area contributed by atoms with Crippen LogP contribution in [-0.4, -0.2) is 39.6 Å². The summed E-state index contributed by atoms with van der Waals surface area (Å²) < 4.78 is 1.85. The first-order chi connectivity index (χ1) is 12.9. The predicted octanol–water partition coefficient (Wildman–Crippen LogP) is 3.15. The summed E-state index contributed by atoms with van der Waals surface area (Å²) in [5.74, 6) is 0.0513. The number of rotatable bonds is 5. The van der Waals surface area contributed by atoms with Crippen LogP contribution in [0.15, 0.2) is 18.2 Å². The lowest BCUT2D eigenvalue weighted by atomic mass is 10.1. The van der Waals surface area contributed by atoms with Crippen molar-refractivity contribution in [1.82, 2.24) is 14.7 Å². The van der Waals surface area contributed by atoms with Crippen molar-refractivity contribution in [2.24, 2.45) is 7.05 Å². The number of carbonyl (C=O) groups is 2. The van der Waals surface area contributed by atoms with Crippen LogP contribution < -0.4 is 5.32 Å². The molecule has 2 heterocycles. The number of aromatic nitrogens is 2. The minimum absolute atomic E-state index is 0.0284. The quantitative estimate of drug-likeness (QED) is 0.881. The first-order valence-electron chi connectivity index (χ1n) is 9.55. The van der Waals surface area contributed by atoms with Gasteiger partial charge in [-0.1, -0.05) is 0 Å². The highest BCUT2D eigenvalue weighted by molar-refractivity contribution is 5.96. The zero-order valence-corrected chi connectivity index (χ0v) is 16.6. The molecule has 1 saturated heterocycles. The molecule has 1 aromatic carbocycles. The largest absolute Gasteiger partial charge is 0.339 e. The summed E-state index contributed by atoms with van der Waals surface area (Å²) in [6.07, 6.45) is 3.23. The molecule has 1 aliphatic rings. The molecule has 1 aromatic heterocycles. The fourth-order valence-corrected chi connectivity index (χ4v) is 3.67. The van der Waals surface area contributed by atoms with Gasteiger partial charge in [-0.25, -0.2) is 0 Å². The summed E-state index contributed by atoms with van der Waals surface area (Å²) in [5, 5.41) is 7.37. The van der Waals surface area contributed by atoms with E-state index in [9.17, 15) is 9.59 Å². The minimum atomic E-state index is -0.0284. The fraction of sp³-hybridized carbons (Fsp3) is 0.476. The van der Waals surface area contributed by atoms with Crippen molar-refractivity contribution < 1.29 is 9.59 Å². The fourth-order valence-electron chi connectivity index (χ4n) is 3.67. The van der Waals surface area contributed by atoms with Gasteiger partial charge in [0.25, 0.3) is 5.91 Å². The molecule has 6 nitrogen and oxygen atoms in total. The van der Waals surface area contributed by atoms with Crippen molar-refractivity contribution in [3.8, 4) is 0 Å². The lowest BCUT2D eigenvalue weighted by Gasteiger charge is -2.16. The lowest BCUT2D eigenvalue weighted by Crippen LogP contribution is -2.27. The van der Waals surface area contributed by atoms with Crippen LogP contribution in [0.4, 0.5) is 5.69 Å². The third-order valence-corrected chi connectivity index (χ3v) is 5.40. The molecule has 0 radical (unpaired) electrons. The van der Waals surface area contributed by atoms with E-state index in [-0.39, 0.29) is 11.8 Å². The Morgan fingerprint density at radius 2 is 1.85 bits per heavy atom. The lowest BCUT2D eigenvalue weighted by molar-refractivity contribution is -0.116. The maximum Gasteiger partial charge on any atom is 0.253 e. The van der Waals surface area contributed by atoms with E-state index < -0.39 is 0 Å². The Labute approximate surface area is 160 Å². The highest BCUT2D eigenvalue weighted by Gasteiger charge is 2.20. The molecule has 0 aliphatic carbocycles. The van der Waals surface area contributed by atoms with E-state index in [0.717, 1.165) is 54.1 Å². The van der Waals surface area contributed by atoms with E-state index in [1.807, 2.05) is 49.5 Å². The molecule has 0 bridgehead atoms. The second kappa shape index (κ2) is 7.94. The molecule has 0 atom stereocenters. The monoisotopic (exact) mass is 368 g/mol. The molecule has 0 spiro atoms. The second-order valence-electron chi connectivity index (χ2n) is 7.35. The molecule has 0 saturated carbocycles. The van der Waals surface area contributed by atoms with Gasteiger partial charge in [-0.2, -0.15) is 5.10 Å². The SMILES string of the molecule is Cc1cc(C(=O)N2CCCC2)ccc1NC(=O)CCc1c(C)nn(C)c1C. The molecular formula is C21H28N4O2. The number of hydrogen-bond donors (Lipinski definition) is 1. The van der Waals surface area contributed by atoms with E-state index in [0.29, 0.717) is 18.4 Å².